The van der Waals surface area contributed by atoms with E-state index in [9.17, 15) is 0 Å². The molecule has 0 saturated carbocycles. The SMILES string of the molecule is CCCCC=C1[CH]C=CC=C1.[Br-].[Zn]. The molecule has 0 bridgehead atoms. The largest absolute Gasteiger partial charge is 1.00 e. The summed E-state index contributed by atoms with van der Waals surface area (Å²) in [5.74, 6) is 0. The topological polar surface area (TPSA) is 0 Å². The fourth-order valence-corrected chi connectivity index (χ4v) is 1.06. The van der Waals surface area contributed by atoms with Crippen LogP contribution in [0.5, 0.6) is 0 Å². The second kappa shape index (κ2) is 10.4. The normalized spacial score (nSPS) is 16.5. The van der Waals surface area contributed by atoms with Gasteiger partial charge in [0, 0.05) is 25.9 Å². The molecule has 2 heteroatoms. The third-order valence-electron chi connectivity index (χ3n) is 1.74. The van der Waals surface area contributed by atoms with Crippen LogP contribution >= 0.6 is 0 Å². The molecule has 0 amide bonds. The van der Waals surface area contributed by atoms with E-state index in [2.05, 4.69) is 43.7 Å². The van der Waals surface area contributed by atoms with Crippen molar-refractivity contribution in [3.63, 3.8) is 0 Å². The molecule has 69 valence electrons. The van der Waals surface area contributed by atoms with Crippen LogP contribution in [0.15, 0.2) is 36.0 Å². The van der Waals surface area contributed by atoms with Crippen molar-refractivity contribution in [2.75, 3.05) is 0 Å². The second-order valence-corrected chi connectivity index (χ2v) is 2.76. The molecule has 13 heavy (non-hydrogen) atoms. The minimum absolute atomic E-state index is 0. The Hall–Kier alpha value is 0.323. The van der Waals surface area contributed by atoms with Crippen molar-refractivity contribution in [3.05, 3.63) is 42.4 Å². The van der Waals surface area contributed by atoms with Gasteiger partial charge >= 0.3 is 0 Å². The van der Waals surface area contributed by atoms with E-state index in [-0.39, 0.29) is 36.5 Å². The van der Waals surface area contributed by atoms with Gasteiger partial charge in [0.2, 0.25) is 0 Å². The van der Waals surface area contributed by atoms with Gasteiger partial charge in [-0.25, -0.2) is 0 Å². The number of halogens is 1. The van der Waals surface area contributed by atoms with Gasteiger partial charge in [-0.15, -0.1) is 0 Å². The number of allylic oxidation sites excluding steroid dienone is 6. The Morgan fingerprint density at radius 2 is 2.00 bits per heavy atom. The van der Waals surface area contributed by atoms with E-state index in [1.807, 2.05) is 0 Å². The van der Waals surface area contributed by atoms with Crippen molar-refractivity contribution in [3.8, 4) is 0 Å². The summed E-state index contributed by atoms with van der Waals surface area (Å²) in [6.07, 6.45) is 16.6. The Balaban J connectivity index is 0. The monoisotopic (exact) mass is 290 g/mol. The predicted octanol–water partition coefficient (Wildman–Crippen LogP) is 0.435. The minimum atomic E-state index is 0. The van der Waals surface area contributed by atoms with Crippen LogP contribution in [0.1, 0.15) is 26.2 Å². The molecule has 1 aliphatic carbocycles. The van der Waals surface area contributed by atoms with Gasteiger partial charge in [-0.05, 0) is 12.0 Å². The van der Waals surface area contributed by atoms with E-state index in [1.165, 1.54) is 24.8 Å². The van der Waals surface area contributed by atoms with Crippen molar-refractivity contribution in [2.24, 2.45) is 0 Å². The van der Waals surface area contributed by atoms with Crippen molar-refractivity contribution in [2.45, 2.75) is 26.2 Å². The van der Waals surface area contributed by atoms with Crippen LogP contribution in [0.2, 0.25) is 0 Å². The molecule has 0 saturated heterocycles. The molecule has 0 unspecified atom stereocenters. The molecule has 0 nitrogen and oxygen atoms in total. The Bertz CT molecular complexity index is 192. The average molecular weight is 293 g/mol. The first-order chi connectivity index (χ1) is 5.43. The van der Waals surface area contributed by atoms with E-state index in [0.717, 1.165) is 0 Å². The number of hydrogen-bond acceptors (Lipinski definition) is 0. The van der Waals surface area contributed by atoms with Gasteiger partial charge in [0.15, 0.2) is 0 Å². The van der Waals surface area contributed by atoms with Gasteiger partial charge in [0.05, 0.1) is 0 Å². The van der Waals surface area contributed by atoms with Crippen LogP contribution in [0.3, 0.4) is 0 Å². The first-order valence-corrected chi connectivity index (χ1v) is 4.31. The zero-order valence-electron chi connectivity index (χ0n) is 8.17. The molecule has 1 aliphatic rings. The quantitative estimate of drug-likeness (QED) is 0.523. The molecular formula is C11H15BrZn-. The fourth-order valence-electron chi connectivity index (χ4n) is 1.06. The second-order valence-electron chi connectivity index (χ2n) is 2.76. The minimum Gasteiger partial charge on any atom is -1.00 e. The summed E-state index contributed by atoms with van der Waals surface area (Å²) in [5, 5.41) is 0. The van der Waals surface area contributed by atoms with Gasteiger partial charge in [-0.2, -0.15) is 0 Å². The van der Waals surface area contributed by atoms with Crippen molar-refractivity contribution in [1.82, 2.24) is 0 Å². The fraction of sp³-hybridized carbons (Fsp3) is 0.364. The number of rotatable bonds is 3. The molecule has 1 radical (unpaired) electrons. The smallest absolute Gasteiger partial charge is 0.0121 e. The van der Waals surface area contributed by atoms with Crippen LogP contribution in [0.25, 0.3) is 0 Å². The molecule has 1 rings (SSSR count). The molecule has 0 aromatic heterocycles. The Morgan fingerprint density at radius 1 is 1.23 bits per heavy atom. The summed E-state index contributed by atoms with van der Waals surface area (Å²) in [5.41, 5.74) is 1.35. The van der Waals surface area contributed by atoms with E-state index < -0.39 is 0 Å². The summed E-state index contributed by atoms with van der Waals surface area (Å²) in [6, 6.07) is 0. The van der Waals surface area contributed by atoms with E-state index >= 15 is 0 Å². The molecule has 0 aliphatic heterocycles. The first kappa shape index (κ1) is 15.8. The Kier molecular flexibility index (Phi) is 12.6. The van der Waals surface area contributed by atoms with Gasteiger partial charge in [-0.1, -0.05) is 50.1 Å². The third kappa shape index (κ3) is 7.40. The van der Waals surface area contributed by atoms with Crippen LogP contribution < -0.4 is 17.0 Å². The van der Waals surface area contributed by atoms with Gasteiger partial charge in [0.25, 0.3) is 0 Å². The predicted molar refractivity (Wildman–Crippen MR) is 50.2 cm³/mol. The maximum Gasteiger partial charge on any atom is 0.0121 e. The van der Waals surface area contributed by atoms with Gasteiger partial charge < -0.3 is 17.0 Å². The summed E-state index contributed by atoms with van der Waals surface area (Å²) in [4.78, 5) is 0. The summed E-state index contributed by atoms with van der Waals surface area (Å²) in [7, 11) is 0. The standard InChI is InChI=1S/C11H15.BrH.Zn/c1-2-3-5-8-11-9-6-4-7-10-11;;/h4,6-10H,2-3,5H2,1H3;1H;/p-1. The van der Waals surface area contributed by atoms with Crippen LogP contribution in [0, 0.1) is 6.42 Å². The summed E-state index contributed by atoms with van der Waals surface area (Å²) in [6.45, 7) is 2.22. The average Bonchev–Trinajstić information content (AvgIpc) is 2.07. The maximum absolute atomic E-state index is 2.30. The van der Waals surface area contributed by atoms with Crippen LogP contribution in [-0.2, 0) is 19.5 Å². The van der Waals surface area contributed by atoms with Crippen LogP contribution in [-0.4, -0.2) is 0 Å². The van der Waals surface area contributed by atoms with Crippen molar-refractivity contribution in [1.29, 1.82) is 0 Å². The zero-order chi connectivity index (χ0) is 7.94. The summed E-state index contributed by atoms with van der Waals surface area (Å²) >= 11 is 0. The molecular weight excluding hydrogens is 277 g/mol. The van der Waals surface area contributed by atoms with Crippen molar-refractivity contribution < 1.29 is 36.5 Å². The molecule has 0 spiro atoms. The van der Waals surface area contributed by atoms with Crippen LogP contribution in [0.4, 0.5) is 0 Å². The first-order valence-electron chi connectivity index (χ1n) is 4.31. The number of unbranched alkanes of at least 4 members (excludes halogenated alkanes) is 2. The van der Waals surface area contributed by atoms with Crippen molar-refractivity contribution >= 4 is 0 Å². The molecule has 0 N–H and O–H groups in total. The van der Waals surface area contributed by atoms with Gasteiger partial charge in [-0.3, -0.25) is 0 Å². The Morgan fingerprint density at radius 3 is 2.54 bits per heavy atom. The zero-order valence-corrected chi connectivity index (χ0v) is 12.7. The molecule has 0 atom stereocenters. The molecule has 0 heterocycles. The number of hydrogen-bond donors (Lipinski definition) is 0. The molecule has 0 aromatic carbocycles. The molecule has 0 fully saturated rings. The van der Waals surface area contributed by atoms with E-state index in [0.29, 0.717) is 0 Å². The van der Waals surface area contributed by atoms with E-state index in [4.69, 9.17) is 0 Å². The van der Waals surface area contributed by atoms with Gasteiger partial charge in [0.1, 0.15) is 0 Å². The molecule has 0 aromatic rings. The Labute approximate surface area is 105 Å². The maximum atomic E-state index is 2.30. The van der Waals surface area contributed by atoms with E-state index in [1.54, 1.807) is 0 Å². The summed E-state index contributed by atoms with van der Waals surface area (Å²) < 4.78 is 0. The third-order valence-corrected chi connectivity index (χ3v) is 1.74.